The number of benzene rings is 1. The van der Waals surface area contributed by atoms with Gasteiger partial charge in [0.2, 0.25) is 7.37 Å². The molecule has 0 bridgehead atoms. The number of esters is 1. The van der Waals surface area contributed by atoms with Crippen molar-refractivity contribution in [2.45, 2.75) is 45.5 Å². The lowest BCUT2D eigenvalue weighted by molar-refractivity contribution is -0.155. The second-order valence-electron chi connectivity index (χ2n) is 7.14. The van der Waals surface area contributed by atoms with Gasteiger partial charge in [-0.15, -0.1) is 0 Å². The van der Waals surface area contributed by atoms with Crippen molar-refractivity contribution in [3.05, 3.63) is 35.9 Å². The molecule has 0 amide bonds. The molecule has 0 spiro atoms. The Hall–Kier alpha value is -1.16. The molecule has 2 unspecified atom stereocenters. The fraction of sp³-hybridized carbons (Fsp3) is 0.611. The van der Waals surface area contributed by atoms with Crippen LogP contribution in [-0.4, -0.2) is 48.0 Å². The van der Waals surface area contributed by atoms with Gasteiger partial charge in [0.1, 0.15) is 11.3 Å². The summed E-state index contributed by atoms with van der Waals surface area (Å²) in [7, 11) is -3.02. The quantitative estimate of drug-likeness (QED) is 0.599. The first kappa shape index (κ1) is 19.2. The number of carbonyl (C=O) groups is 1. The third kappa shape index (κ3) is 5.17. The van der Waals surface area contributed by atoms with Crippen LogP contribution in [0.2, 0.25) is 0 Å². The van der Waals surface area contributed by atoms with E-state index in [9.17, 15) is 9.36 Å². The summed E-state index contributed by atoms with van der Waals surface area (Å²) >= 11 is 0. The summed E-state index contributed by atoms with van der Waals surface area (Å²) in [6, 6.07) is 10.1. The van der Waals surface area contributed by atoms with E-state index < -0.39 is 24.6 Å². The van der Waals surface area contributed by atoms with Crippen molar-refractivity contribution in [1.82, 2.24) is 4.90 Å². The minimum atomic E-state index is -3.02. The number of nitrogens with zero attached hydrogens (tertiary/aromatic N) is 1. The number of rotatable bonds is 5. The van der Waals surface area contributed by atoms with Crippen LogP contribution in [0.3, 0.4) is 0 Å². The summed E-state index contributed by atoms with van der Waals surface area (Å²) < 4.78 is 24.2. The van der Waals surface area contributed by atoms with Gasteiger partial charge >= 0.3 is 5.97 Å². The van der Waals surface area contributed by atoms with E-state index in [1.807, 2.05) is 45.9 Å². The number of ether oxygens (including phenoxy) is 1. The van der Waals surface area contributed by atoms with Gasteiger partial charge in [-0.1, -0.05) is 30.3 Å². The molecule has 2 rings (SSSR count). The maximum atomic E-state index is 13.1. The summed E-state index contributed by atoms with van der Waals surface area (Å²) in [6.07, 6.45) is 0.386. The van der Waals surface area contributed by atoms with Crippen LogP contribution in [0, 0.1) is 0 Å². The van der Waals surface area contributed by atoms with E-state index >= 15 is 0 Å². The number of carbonyl (C=O) groups excluding carboxylic acids is 1. The average molecular weight is 353 g/mol. The van der Waals surface area contributed by atoms with Gasteiger partial charge in [-0.3, -0.25) is 14.3 Å². The number of hydrogen-bond acceptors (Lipinski definition) is 5. The van der Waals surface area contributed by atoms with Gasteiger partial charge in [0.25, 0.3) is 0 Å². The molecule has 0 aliphatic carbocycles. The topological polar surface area (TPSA) is 55.8 Å². The van der Waals surface area contributed by atoms with E-state index in [1.165, 1.54) is 5.56 Å². The Kier molecular flexibility index (Phi) is 6.24. The molecule has 1 aromatic carbocycles. The highest BCUT2D eigenvalue weighted by atomic mass is 31.2. The van der Waals surface area contributed by atoms with E-state index in [-0.39, 0.29) is 0 Å². The second kappa shape index (κ2) is 7.81. The predicted octanol–water partition coefficient (Wildman–Crippen LogP) is 3.53. The van der Waals surface area contributed by atoms with Crippen LogP contribution >= 0.6 is 7.37 Å². The number of hydrogen-bond donors (Lipinski definition) is 0. The molecular weight excluding hydrogens is 325 g/mol. The Balaban J connectivity index is 2.13. The first-order chi connectivity index (χ1) is 11.2. The van der Waals surface area contributed by atoms with E-state index in [0.717, 1.165) is 6.54 Å². The highest BCUT2D eigenvalue weighted by Crippen LogP contribution is 2.54. The lowest BCUT2D eigenvalue weighted by Gasteiger charge is -2.37. The van der Waals surface area contributed by atoms with Gasteiger partial charge in [-0.05, 0) is 33.3 Å². The maximum Gasteiger partial charge on any atom is 0.320 e. The summed E-state index contributed by atoms with van der Waals surface area (Å²) in [5.41, 5.74) is -0.141. The van der Waals surface area contributed by atoms with Crippen molar-refractivity contribution < 1.29 is 18.6 Å². The smallest absolute Gasteiger partial charge is 0.320 e. The molecule has 1 heterocycles. The van der Waals surface area contributed by atoms with Crippen LogP contribution in [0.1, 0.15) is 33.3 Å². The predicted molar refractivity (Wildman–Crippen MR) is 95.5 cm³/mol. The molecule has 1 aliphatic heterocycles. The normalized spacial score (nSPS) is 25.4. The molecule has 5 nitrogen and oxygen atoms in total. The van der Waals surface area contributed by atoms with Crippen LogP contribution in [0.5, 0.6) is 0 Å². The molecular formula is C18H28NO4P. The third-order valence-corrected chi connectivity index (χ3v) is 6.75. The molecule has 1 saturated heterocycles. The van der Waals surface area contributed by atoms with Gasteiger partial charge < -0.3 is 9.26 Å². The van der Waals surface area contributed by atoms with Crippen molar-refractivity contribution >= 4 is 13.3 Å². The highest BCUT2D eigenvalue weighted by Gasteiger charge is 2.45. The molecule has 1 aromatic rings. The van der Waals surface area contributed by atoms with Gasteiger partial charge in [-0.2, -0.15) is 0 Å². The molecule has 0 aromatic heterocycles. The molecule has 6 heteroatoms. The highest BCUT2D eigenvalue weighted by molar-refractivity contribution is 7.60. The van der Waals surface area contributed by atoms with Gasteiger partial charge in [-0.25, -0.2) is 0 Å². The molecule has 0 radical (unpaired) electrons. The molecule has 1 fully saturated rings. The molecule has 134 valence electrons. The molecule has 2 atom stereocenters. The Morgan fingerprint density at radius 1 is 1.29 bits per heavy atom. The van der Waals surface area contributed by atoms with Gasteiger partial charge in [0.15, 0.2) is 0 Å². The Labute approximate surface area is 144 Å². The van der Waals surface area contributed by atoms with Crippen LogP contribution in [0.25, 0.3) is 0 Å². The van der Waals surface area contributed by atoms with E-state index in [4.69, 9.17) is 9.26 Å². The third-order valence-electron chi connectivity index (χ3n) is 3.91. The van der Waals surface area contributed by atoms with Crippen LogP contribution in [-0.2, 0) is 25.2 Å². The first-order valence-electron chi connectivity index (χ1n) is 8.46. The molecule has 24 heavy (non-hydrogen) atoms. The second-order valence-corrected chi connectivity index (χ2v) is 9.92. The van der Waals surface area contributed by atoms with Crippen molar-refractivity contribution in [2.75, 3.05) is 25.9 Å². The zero-order valence-corrected chi connectivity index (χ0v) is 15.9. The summed E-state index contributed by atoms with van der Waals surface area (Å²) in [5.74, 6) is -0.419. The molecule has 0 N–H and O–H groups in total. The van der Waals surface area contributed by atoms with E-state index in [1.54, 1.807) is 0 Å². The van der Waals surface area contributed by atoms with Gasteiger partial charge in [0.05, 0.1) is 6.61 Å². The Morgan fingerprint density at radius 3 is 2.54 bits per heavy atom. The van der Waals surface area contributed by atoms with Crippen LogP contribution < -0.4 is 0 Å². The standard InChI is InChI=1S/C18H28NO4P/c1-5-22-24(21)12-11-19(13-15-9-7-6-8-10-15)14-16(24)17(20)23-18(2,3)4/h6-10,16H,5,11-14H2,1-4H3. The Morgan fingerprint density at radius 2 is 1.96 bits per heavy atom. The largest absolute Gasteiger partial charge is 0.459 e. The fourth-order valence-electron chi connectivity index (χ4n) is 2.86. The minimum absolute atomic E-state index is 0.343. The SMILES string of the molecule is CCOP1(=O)CCN(Cc2ccccc2)CC1C(=O)OC(C)(C)C. The lowest BCUT2D eigenvalue weighted by atomic mass is 10.2. The fourth-order valence-corrected chi connectivity index (χ4v) is 5.33. The zero-order chi connectivity index (χ0) is 17.8. The summed E-state index contributed by atoms with van der Waals surface area (Å²) in [5, 5.41) is 0. The monoisotopic (exact) mass is 353 g/mol. The van der Waals surface area contributed by atoms with E-state index in [2.05, 4.69) is 17.0 Å². The van der Waals surface area contributed by atoms with E-state index in [0.29, 0.717) is 25.9 Å². The van der Waals surface area contributed by atoms with Gasteiger partial charge in [0, 0.05) is 25.8 Å². The molecule has 0 saturated carbocycles. The maximum absolute atomic E-state index is 13.1. The van der Waals surface area contributed by atoms with Crippen LogP contribution in [0.4, 0.5) is 0 Å². The average Bonchev–Trinajstić information content (AvgIpc) is 2.49. The summed E-state index contributed by atoms with van der Waals surface area (Å²) in [6.45, 7) is 9.40. The van der Waals surface area contributed by atoms with Crippen molar-refractivity contribution in [3.63, 3.8) is 0 Å². The van der Waals surface area contributed by atoms with Crippen molar-refractivity contribution in [3.8, 4) is 0 Å². The Bertz CT molecular complexity index is 597. The van der Waals surface area contributed by atoms with Crippen molar-refractivity contribution in [2.24, 2.45) is 0 Å². The zero-order valence-electron chi connectivity index (χ0n) is 15.0. The van der Waals surface area contributed by atoms with Crippen molar-refractivity contribution in [1.29, 1.82) is 0 Å². The van der Waals surface area contributed by atoms with Crippen LogP contribution in [0.15, 0.2) is 30.3 Å². The first-order valence-corrected chi connectivity index (χ1v) is 10.3. The minimum Gasteiger partial charge on any atom is -0.459 e. The molecule has 1 aliphatic rings. The lowest BCUT2D eigenvalue weighted by Crippen LogP contribution is -2.46. The summed E-state index contributed by atoms with van der Waals surface area (Å²) in [4.78, 5) is 14.8.